The van der Waals surface area contributed by atoms with Crippen molar-refractivity contribution in [3.8, 4) is 0 Å². The molecule has 0 saturated heterocycles. The Hall–Kier alpha value is -1.36. The number of nitrogens with two attached hydrogens (primary N) is 1. The highest BCUT2D eigenvalue weighted by Gasteiger charge is 2.16. The largest absolute Gasteiger partial charge is 0.383 e. The summed E-state index contributed by atoms with van der Waals surface area (Å²) in [7, 11) is 1.67. The summed E-state index contributed by atoms with van der Waals surface area (Å²) >= 11 is 6.22. The Bertz CT molecular complexity index is 583. The third-order valence-electron chi connectivity index (χ3n) is 3.52. The van der Waals surface area contributed by atoms with E-state index in [4.69, 9.17) is 22.1 Å². The lowest BCUT2D eigenvalue weighted by Gasteiger charge is -2.15. The van der Waals surface area contributed by atoms with Gasteiger partial charge in [0.25, 0.3) is 0 Å². The molecule has 0 bridgehead atoms. The van der Waals surface area contributed by atoms with Gasteiger partial charge in [-0.05, 0) is 25.3 Å². The number of aromatic nitrogens is 2. The van der Waals surface area contributed by atoms with Crippen LogP contribution in [0.2, 0.25) is 5.02 Å². The summed E-state index contributed by atoms with van der Waals surface area (Å²) < 4.78 is 6.93. The zero-order valence-corrected chi connectivity index (χ0v) is 13.3. The van der Waals surface area contributed by atoms with E-state index in [0.717, 1.165) is 18.5 Å². The molecular weight excluding hydrogens is 286 g/mol. The summed E-state index contributed by atoms with van der Waals surface area (Å²) in [6.45, 7) is 3.35. The molecule has 1 unspecified atom stereocenters. The molecule has 0 amide bonds. The Labute approximate surface area is 130 Å². The Kier molecular flexibility index (Phi) is 5.79. The van der Waals surface area contributed by atoms with Gasteiger partial charge in [0.1, 0.15) is 0 Å². The highest BCUT2D eigenvalue weighted by Crippen LogP contribution is 2.24. The van der Waals surface area contributed by atoms with Crippen molar-refractivity contribution in [1.29, 1.82) is 0 Å². The highest BCUT2D eigenvalue weighted by atomic mass is 35.5. The van der Waals surface area contributed by atoms with E-state index in [0.29, 0.717) is 18.2 Å². The van der Waals surface area contributed by atoms with E-state index in [-0.39, 0.29) is 6.04 Å². The van der Waals surface area contributed by atoms with Crippen LogP contribution in [0.15, 0.2) is 30.5 Å². The molecule has 1 aromatic heterocycles. The fourth-order valence-electron chi connectivity index (χ4n) is 2.42. The van der Waals surface area contributed by atoms with Gasteiger partial charge < -0.3 is 10.5 Å². The number of nitrogens with zero attached hydrogens (tertiary/aromatic N) is 2. The molecular formula is C16H22ClN3O. The number of ether oxygens (including phenoxy) is 1. The van der Waals surface area contributed by atoms with Gasteiger partial charge in [0.15, 0.2) is 0 Å². The Morgan fingerprint density at radius 3 is 2.95 bits per heavy atom. The van der Waals surface area contributed by atoms with Gasteiger partial charge in [-0.25, -0.2) is 0 Å². The molecule has 114 valence electrons. The lowest BCUT2D eigenvalue weighted by molar-refractivity contribution is 0.182. The standard InChI is InChI=1S/C16H22ClN3O/c1-12-4-3-5-13(10-12)6-7-15(18)16-14(17)11-19-20(16)8-9-21-2/h3-5,10-11,15H,6-9,18H2,1-2H3. The van der Waals surface area contributed by atoms with Crippen LogP contribution in [-0.2, 0) is 17.7 Å². The lowest BCUT2D eigenvalue weighted by atomic mass is 10.0. The molecule has 2 N–H and O–H groups in total. The van der Waals surface area contributed by atoms with Gasteiger partial charge in [0.2, 0.25) is 0 Å². The molecule has 1 heterocycles. The number of methoxy groups -OCH3 is 1. The van der Waals surface area contributed by atoms with Crippen LogP contribution in [0.1, 0.15) is 29.3 Å². The van der Waals surface area contributed by atoms with Crippen LogP contribution in [0, 0.1) is 6.92 Å². The van der Waals surface area contributed by atoms with Gasteiger partial charge in [0, 0.05) is 13.2 Å². The number of halogens is 1. The van der Waals surface area contributed by atoms with Crippen molar-refractivity contribution in [3.05, 3.63) is 52.3 Å². The fourth-order valence-corrected chi connectivity index (χ4v) is 2.70. The van der Waals surface area contributed by atoms with Crippen LogP contribution in [0.5, 0.6) is 0 Å². The lowest BCUT2D eigenvalue weighted by Crippen LogP contribution is -2.19. The second kappa shape index (κ2) is 7.59. The van der Waals surface area contributed by atoms with E-state index in [1.807, 2.05) is 4.68 Å². The third-order valence-corrected chi connectivity index (χ3v) is 3.81. The second-order valence-electron chi connectivity index (χ2n) is 5.23. The molecule has 21 heavy (non-hydrogen) atoms. The molecule has 4 nitrogen and oxygen atoms in total. The average Bonchev–Trinajstić information content (AvgIpc) is 2.83. The molecule has 2 aromatic rings. The molecule has 0 radical (unpaired) electrons. The second-order valence-corrected chi connectivity index (χ2v) is 5.64. The molecule has 5 heteroatoms. The minimum absolute atomic E-state index is 0.127. The number of benzene rings is 1. The SMILES string of the molecule is COCCn1ncc(Cl)c1C(N)CCc1cccc(C)c1. The molecule has 0 fully saturated rings. The van der Waals surface area contributed by atoms with Crippen LogP contribution in [0.4, 0.5) is 0 Å². The van der Waals surface area contributed by atoms with Crippen molar-refractivity contribution < 1.29 is 4.74 Å². The number of hydrogen-bond donors (Lipinski definition) is 1. The summed E-state index contributed by atoms with van der Waals surface area (Å²) in [5.74, 6) is 0. The first-order valence-electron chi connectivity index (χ1n) is 7.13. The van der Waals surface area contributed by atoms with Crippen LogP contribution in [0.3, 0.4) is 0 Å². The molecule has 0 aliphatic heterocycles. The average molecular weight is 308 g/mol. The van der Waals surface area contributed by atoms with E-state index >= 15 is 0 Å². The van der Waals surface area contributed by atoms with E-state index in [9.17, 15) is 0 Å². The van der Waals surface area contributed by atoms with Crippen LogP contribution >= 0.6 is 11.6 Å². The number of rotatable bonds is 7. The molecule has 0 aliphatic rings. The minimum Gasteiger partial charge on any atom is -0.383 e. The van der Waals surface area contributed by atoms with E-state index in [2.05, 4.69) is 36.3 Å². The first-order valence-corrected chi connectivity index (χ1v) is 7.51. The van der Waals surface area contributed by atoms with Gasteiger partial charge in [-0.15, -0.1) is 0 Å². The first kappa shape index (κ1) is 16.0. The van der Waals surface area contributed by atoms with Crippen molar-refractivity contribution in [2.24, 2.45) is 5.73 Å². The predicted molar refractivity (Wildman–Crippen MR) is 85.5 cm³/mol. The van der Waals surface area contributed by atoms with Crippen molar-refractivity contribution in [2.75, 3.05) is 13.7 Å². The van der Waals surface area contributed by atoms with Gasteiger partial charge in [-0.3, -0.25) is 4.68 Å². The Morgan fingerprint density at radius 2 is 2.24 bits per heavy atom. The van der Waals surface area contributed by atoms with Crippen molar-refractivity contribution in [3.63, 3.8) is 0 Å². The van der Waals surface area contributed by atoms with E-state index in [1.165, 1.54) is 11.1 Å². The topological polar surface area (TPSA) is 53.1 Å². The van der Waals surface area contributed by atoms with Crippen molar-refractivity contribution in [1.82, 2.24) is 9.78 Å². The first-order chi connectivity index (χ1) is 10.1. The van der Waals surface area contributed by atoms with E-state index in [1.54, 1.807) is 13.3 Å². The Morgan fingerprint density at radius 1 is 1.43 bits per heavy atom. The molecule has 0 aliphatic carbocycles. The van der Waals surface area contributed by atoms with Gasteiger partial charge in [0.05, 0.1) is 30.1 Å². The van der Waals surface area contributed by atoms with Crippen LogP contribution in [-0.4, -0.2) is 23.5 Å². The van der Waals surface area contributed by atoms with Gasteiger partial charge >= 0.3 is 0 Å². The maximum absolute atomic E-state index is 6.31. The number of aryl methyl sites for hydroxylation is 2. The molecule has 2 rings (SSSR count). The zero-order chi connectivity index (χ0) is 15.2. The smallest absolute Gasteiger partial charge is 0.0834 e. The maximum Gasteiger partial charge on any atom is 0.0834 e. The van der Waals surface area contributed by atoms with Gasteiger partial charge in [-0.1, -0.05) is 41.4 Å². The predicted octanol–water partition coefficient (Wildman–Crippen LogP) is 3.12. The highest BCUT2D eigenvalue weighted by molar-refractivity contribution is 6.31. The fraction of sp³-hybridized carbons (Fsp3) is 0.438. The summed E-state index contributed by atoms with van der Waals surface area (Å²) in [6, 6.07) is 8.36. The minimum atomic E-state index is -0.127. The monoisotopic (exact) mass is 307 g/mol. The normalized spacial score (nSPS) is 12.6. The van der Waals surface area contributed by atoms with Crippen molar-refractivity contribution in [2.45, 2.75) is 32.4 Å². The summed E-state index contributed by atoms with van der Waals surface area (Å²) in [6.07, 6.45) is 3.41. The Balaban J connectivity index is 2.02. The zero-order valence-electron chi connectivity index (χ0n) is 12.6. The van der Waals surface area contributed by atoms with E-state index < -0.39 is 0 Å². The summed E-state index contributed by atoms with van der Waals surface area (Å²) in [5.41, 5.74) is 9.77. The van der Waals surface area contributed by atoms with Crippen LogP contribution in [0.25, 0.3) is 0 Å². The quantitative estimate of drug-likeness (QED) is 0.855. The molecule has 1 atom stereocenters. The van der Waals surface area contributed by atoms with Crippen molar-refractivity contribution >= 4 is 11.6 Å². The maximum atomic E-state index is 6.31. The van der Waals surface area contributed by atoms with Gasteiger partial charge in [-0.2, -0.15) is 5.10 Å². The van der Waals surface area contributed by atoms with Crippen LogP contribution < -0.4 is 5.73 Å². The number of hydrogen-bond acceptors (Lipinski definition) is 3. The summed E-state index contributed by atoms with van der Waals surface area (Å²) in [4.78, 5) is 0. The molecule has 0 saturated carbocycles. The summed E-state index contributed by atoms with van der Waals surface area (Å²) in [5, 5.41) is 4.90. The molecule has 0 spiro atoms. The third kappa shape index (κ3) is 4.30. The molecule has 1 aromatic carbocycles.